The van der Waals surface area contributed by atoms with Gasteiger partial charge in [-0.3, -0.25) is 18.9 Å². The smallest absolute Gasteiger partial charge is 0.387 e. The summed E-state index contributed by atoms with van der Waals surface area (Å²) in [5, 5.41) is 20.6. The number of fused-ring (bicyclic) bond motifs is 1. The molecule has 4 heterocycles. The second kappa shape index (κ2) is 8.15. The van der Waals surface area contributed by atoms with Gasteiger partial charge in [0.15, 0.2) is 17.4 Å². The molecule has 3 unspecified atom stereocenters. The molecule has 174 valence electrons. The molecule has 1 aliphatic heterocycles. The predicted octanol–water partition coefficient (Wildman–Crippen LogP) is -1.70. The number of hydrogen-bond acceptors (Lipinski definition) is 12. The Hall–Kier alpha value is -2.46. The lowest BCUT2D eigenvalue weighted by molar-refractivity contribution is -0.0502. The Morgan fingerprint density at radius 3 is 2.69 bits per heavy atom. The molecule has 7 N–H and O–H groups in total. The Morgan fingerprint density at radius 1 is 1.25 bits per heavy atom. The molecular weight excluding hydrogens is 476 g/mol. The van der Waals surface area contributed by atoms with Crippen molar-refractivity contribution in [1.29, 1.82) is 0 Å². The molecule has 19 heteroatoms. The van der Waals surface area contributed by atoms with Crippen LogP contribution < -0.4 is 11.3 Å². The van der Waals surface area contributed by atoms with E-state index in [0.29, 0.717) is 4.34 Å². The molecule has 32 heavy (non-hydrogen) atoms. The van der Waals surface area contributed by atoms with E-state index in [1.807, 2.05) is 0 Å². The molecule has 3 aromatic heterocycles. The van der Waals surface area contributed by atoms with Gasteiger partial charge in [0.05, 0.1) is 12.9 Å². The maximum Gasteiger partial charge on any atom is 0.480 e. The summed E-state index contributed by atoms with van der Waals surface area (Å²) in [5.74, 6) is -0.220. The van der Waals surface area contributed by atoms with Crippen LogP contribution in [-0.4, -0.2) is 73.8 Å². The first-order valence-electron chi connectivity index (χ1n) is 8.73. The van der Waals surface area contributed by atoms with Crippen molar-refractivity contribution in [2.75, 3.05) is 12.3 Å². The minimum absolute atomic E-state index is 0.0400. The molecule has 1 fully saturated rings. The number of nitrogens with one attached hydrogen (secondary N) is 1. The van der Waals surface area contributed by atoms with E-state index in [1.54, 1.807) is 0 Å². The normalized spacial score (nSPS) is 27.4. The van der Waals surface area contributed by atoms with Crippen molar-refractivity contribution in [3.8, 4) is 0 Å². The van der Waals surface area contributed by atoms with Crippen LogP contribution in [0.2, 0.25) is 0 Å². The molecule has 0 aliphatic carbocycles. The van der Waals surface area contributed by atoms with E-state index in [-0.39, 0.29) is 17.1 Å². The molecule has 0 amide bonds. The number of imidazole rings is 2. The number of aromatic nitrogens is 6. The van der Waals surface area contributed by atoms with Gasteiger partial charge in [0.1, 0.15) is 24.6 Å². The number of ether oxygens (including phenoxy) is 1. The van der Waals surface area contributed by atoms with Crippen LogP contribution in [0.25, 0.3) is 11.2 Å². The third kappa shape index (κ3) is 4.25. The van der Waals surface area contributed by atoms with E-state index in [9.17, 15) is 33.9 Å². The van der Waals surface area contributed by atoms with Crippen molar-refractivity contribution in [1.82, 2.24) is 28.8 Å². The van der Waals surface area contributed by atoms with Crippen LogP contribution in [0.15, 0.2) is 29.8 Å². The number of H-pyrrole nitrogens is 1. The van der Waals surface area contributed by atoms with Crippen molar-refractivity contribution >= 4 is 32.7 Å². The number of rotatable bonds is 7. The SMILES string of the molecule is Nc1nc2c(ncn2[C@@H]2O[C@H](COP(=O)(O)OP(=O)(O)n3ccnc3)[C@H](O)C2O)c(=O)[nH]1. The zero-order chi connectivity index (χ0) is 23.3. The fourth-order valence-corrected chi connectivity index (χ4v) is 5.35. The van der Waals surface area contributed by atoms with Gasteiger partial charge in [0.2, 0.25) is 5.95 Å². The number of phosphoric acid groups is 1. The van der Waals surface area contributed by atoms with Gasteiger partial charge < -0.3 is 30.5 Å². The molecule has 17 nitrogen and oxygen atoms in total. The highest BCUT2D eigenvalue weighted by atomic mass is 31.3. The minimum Gasteiger partial charge on any atom is -0.387 e. The summed E-state index contributed by atoms with van der Waals surface area (Å²) in [6.07, 6.45) is -1.68. The number of aliphatic hydroxyl groups is 2. The van der Waals surface area contributed by atoms with Crippen molar-refractivity contribution in [2.24, 2.45) is 0 Å². The number of phosphoric ester groups is 1. The zero-order valence-electron chi connectivity index (χ0n) is 15.8. The van der Waals surface area contributed by atoms with Crippen LogP contribution in [-0.2, 0) is 22.7 Å². The second-order valence-electron chi connectivity index (χ2n) is 6.60. The predicted molar refractivity (Wildman–Crippen MR) is 103 cm³/mol. The van der Waals surface area contributed by atoms with Gasteiger partial charge in [-0.1, -0.05) is 0 Å². The van der Waals surface area contributed by atoms with Gasteiger partial charge in [0, 0.05) is 12.4 Å². The standard InChI is InChI=1S/C13H17N7O10P2/c14-13-17-10-7(11(23)18-13)16-5-20(10)12-9(22)8(21)6(29-12)3-28-32(26,27)30-31(24,25)19-2-1-15-4-19/h1-2,4-6,8-9,12,21-22H,3H2,(H,24,25)(H,26,27)(H3,14,17,18,23)/t6-,8+,9?,12-/m1/s1. The Balaban J connectivity index is 1.48. The average Bonchev–Trinajstić information content (AvgIpc) is 3.41. The zero-order valence-corrected chi connectivity index (χ0v) is 17.6. The minimum atomic E-state index is -5.11. The van der Waals surface area contributed by atoms with E-state index < -0.39 is 52.3 Å². The van der Waals surface area contributed by atoms with Gasteiger partial charge in [-0.05, 0) is 0 Å². The largest absolute Gasteiger partial charge is 0.480 e. The van der Waals surface area contributed by atoms with Gasteiger partial charge in [-0.15, -0.1) is 0 Å². The van der Waals surface area contributed by atoms with E-state index >= 15 is 0 Å². The van der Waals surface area contributed by atoms with Gasteiger partial charge in [0.25, 0.3) is 5.56 Å². The summed E-state index contributed by atoms with van der Waals surface area (Å²) >= 11 is 0. The van der Waals surface area contributed by atoms with E-state index in [2.05, 4.69) is 28.8 Å². The average molecular weight is 493 g/mol. The molecule has 4 rings (SSSR count). The first kappa shape index (κ1) is 22.7. The maximum atomic E-state index is 12.1. The number of aliphatic hydroxyl groups excluding tert-OH is 2. The van der Waals surface area contributed by atoms with Crippen LogP contribution >= 0.6 is 15.6 Å². The third-order valence-electron chi connectivity index (χ3n) is 4.46. The van der Waals surface area contributed by atoms with Crippen molar-refractivity contribution in [3.05, 3.63) is 35.4 Å². The highest BCUT2D eigenvalue weighted by molar-refractivity contribution is 7.63. The summed E-state index contributed by atoms with van der Waals surface area (Å²) < 4.78 is 40.4. The molecule has 6 atom stereocenters. The Labute approximate surface area is 177 Å². The van der Waals surface area contributed by atoms with Crippen LogP contribution in [0.4, 0.5) is 5.95 Å². The first-order valence-corrected chi connectivity index (χ1v) is 11.8. The number of nitrogens with two attached hydrogens (primary N) is 1. The number of nitrogens with zero attached hydrogens (tertiary/aromatic N) is 5. The molecule has 0 saturated carbocycles. The van der Waals surface area contributed by atoms with Crippen LogP contribution in [0.3, 0.4) is 0 Å². The monoisotopic (exact) mass is 493 g/mol. The highest BCUT2D eigenvalue weighted by Crippen LogP contribution is 2.60. The van der Waals surface area contributed by atoms with E-state index in [1.165, 1.54) is 0 Å². The van der Waals surface area contributed by atoms with Crippen molar-refractivity contribution in [3.63, 3.8) is 0 Å². The summed E-state index contributed by atoms with van der Waals surface area (Å²) in [5.41, 5.74) is 4.74. The lowest BCUT2D eigenvalue weighted by Crippen LogP contribution is -2.33. The quantitative estimate of drug-likeness (QED) is 0.201. The van der Waals surface area contributed by atoms with Gasteiger partial charge >= 0.3 is 15.6 Å². The van der Waals surface area contributed by atoms with E-state index in [0.717, 1.165) is 29.6 Å². The molecule has 1 aliphatic rings. The maximum absolute atomic E-state index is 12.1. The number of aromatic amines is 1. The molecule has 0 spiro atoms. The molecular formula is C13H17N7O10P2. The van der Waals surface area contributed by atoms with Crippen LogP contribution in [0.1, 0.15) is 6.23 Å². The Bertz CT molecular complexity index is 1280. The molecule has 0 bridgehead atoms. The molecule has 1 saturated heterocycles. The number of hydrogen-bond donors (Lipinski definition) is 6. The fourth-order valence-electron chi connectivity index (χ4n) is 3.00. The third-order valence-corrected chi connectivity index (χ3v) is 7.43. The fraction of sp³-hybridized carbons (Fsp3) is 0.385. The number of anilines is 1. The van der Waals surface area contributed by atoms with Crippen LogP contribution in [0, 0.1) is 0 Å². The Morgan fingerprint density at radius 2 is 2.00 bits per heavy atom. The first-order chi connectivity index (χ1) is 15.0. The Kier molecular flexibility index (Phi) is 5.79. The number of nitrogen functional groups attached to an aromatic ring is 1. The van der Waals surface area contributed by atoms with Crippen molar-refractivity contribution < 1.29 is 42.7 Å². The highest BCUT2D eigenvalue weighted by Gasteiger charge is 2.46. The van der Waals surface area contributed by atoms with E-state index in [4.69, 9.17) is 10.5 Å². The van der Waals surface area contributed by atoms with Gasteiger partial charge in [-0.25, -0.2) is 23.4 Å². The topological polar surface area (TPSA) is 250 Å². The molecule has 0 radical (unpaired) electrons. The van der Waals surface area contributed by atoms with Crippen LogP contribution in [0.5, 0.6) is 0 Å². The second-order valence-corrected chi connectivity index (χ2v) is 9.89. The summed E-state index contributed by atoms with van der Waals surface area (Å²) in [4.78, 5) is 45.0. The lowest BCUT2D eigenvalue weighted by atomic mass is 10.1. The lowest BCUT2D eigenvalue weighted by Gasteiger charge is -2.19. The summed E-state index contributed by atoms with van der Waals surface area (Å²) in [7, 11) is -9.91. The van der Waals surface area contributed by atoms with Gasteiger partial charge in [-0.2, -0.15) is 9.29 Å². The van der Waals surface area contributed by atoms with Crippen molar-refractivity contribution in [2.45, 2.75) is 24.5 Å². The summed E-state index contributed by atoms with van der Waals surface area (Å²) in [6.45, 7) is -0.810. The summed E-state index contributed by atoms with van der Waals surface area (Å²) in [6, 6.07) is 0. The molecule has 0 aromatic carbocycles. The molecule has 3 aromatic rings.